The van der Waals surface area contributed by atoms with E-state index in [0.717, 1.165) is 56.1 Å². The number of amides is 1. The lowest BCUT2D eigenvalue weighted by molar-refractivity contribution is -0.122. The number of likely N-dealkylation sites (N-methyl/N-ethyl adjacent to an activating group) is 1. The van der Waals surface area contributed by atoms with Crippen LogP contribution in [0.15, 0.2) is 48.5 Å². The highest BCUT2D eigenvalue weighted by molar-refractivity contribution is 5.77. The van der Waals surface area contributed by atoms with E-state index in [-0.39, 0.29) is 18.1 Å². The van der Waals surface area contributed by atoms with Gasteiger partial charge < -0.3 is 19.7 Å². The van der Waals surface area contributed by atoms with E-state index in [1.807, 2.05) is 12.1 Å². The van der Waals surface area contributed by atoms with E-state index in [4.69, 9.17) is 9.47 Å². The summed E-state index contributed by atoms with van der Waals surface area (Å²) in [7, 11) is 3.40. The van der Waals surface area contributed by atoms with Gasteiger partial charge in [-0.15, -0.1) is 0 Å². The third kappa shape index (κ3) is 5.54. The summed E-state index contributed by atoms with van der Waals surface area (Å²) in [4.78, 5) is 16.8. The van der Waals surface area contributed by atoms with Gasteiger partial charge in [0.1, 0.15) is 0 Å². The van der Waals surface area contributed by atoms with Crippen molar-refractivity contribution < 1.29 is 14.3 Å². The van der Waals surface area contributed by atoms with E-state index in [1.165, 1.54) is 18.4 Å². The standard InChI is InChI=1S/C26H35N3O3/c1-27-26(30)19-29-15-14-28(18-22(29)16-20-8-4-3-5-9-20)21-12-13-24(31-2)25(17-21)32-23-10-6-7-11-23/h3-5,8-9,12-13,17,22-23H,6-7,10-11,14-16,18-19H2,1-2H3,(H,27,30). The number of hydrogen-bond donors (Lipinski definition) is 1. The van der Waals surface area contributed by atoms with Gasteiger partial charge in [-0.3, -0.25) is 9.69 Å². The average molecular weight is 438 g/mol. The van der Waals surface area contributed by atoms with Gasteiger partial charge in [0.25, 0.3) is 0 Å². The Morgan fingerprint density at radius 2 is 1.84 bits per heavy atom. The van der Waals surface area contributed by atoms with Crippen molar-refractivity contribution in [1.82, 2.24) is 10.2 Å². The molecule has 2 fully saturated rings. The molecule has 6 nitrogen and oxygen atoms in total. The average Bonchev–Trinajstić information content (AvgIpc) is 3.34. The van der Waals surface area contributed by atoms with Gasteiger partial charge in [-0.25, -0.2) is 0 Å². The highest BCUT2D eigenvalue weighted by Crippen LogP contribution is 2.35. The largest absolute Gasteiger partial charge is 0.493 e. The van der Waals surface area contributed by atoms with Crippen LogP contribution in [0.3, 0.4) is 0 Å². The Morgan fingerprint density at radius 3 is 2.56 bits per heavy atom. The van der Waals surface area contributed by atoms with Crippen LogP contribution in [0, 0.1) is 0 Å². The smallest absolute Gasteiger partial charge is 0.233 e. The number of ether oxygens (including phenoxy) is 2. The lowest BCUT2D eigenvalue weighted by Gasteiger charge is -2.42. The molecule has 1 saturated heterocycles. The minimum Gasteiger partial charge on any atom is -0.493 e. The summed E-state index contributed by atoms with van der Waals surface area (Å²) in [5, 5.41) is 2.77. The number of hydrogen-bond acceptors (Lipinski definition) is 5. The summed E-state index contributed by atoms with van der Waals surface area (Å²) in [6, 6.07) is 17.1. The van der Waals surface area contributed by atoms with Crippen LogP contribution < -0.4 is 19.7 Å². The second-order valence-corrected chi connectivity index (χ2v) is 8.79. The molecule has 1 N–H and O–H groups in total. The molecule has 0 bridgehead atoms. The number of methoxy groups -OCH3 is 1. The number of nitrogens with one attached hydrogen (secondary N) is 1. The molecule has 1 unspecified atom stereocenters. The lowest BCUT2D eigenvalue weighted by Crippen LogP contribution is -2.56. The Bertz CT molecular complexity index is 883. The molecule has 4 rings (SSSR count). The normalized spacial score (nSPS) is 19.7. The monoisotopic (exact) mass is 437 g/mol. The zero-order valence-corrected chi connectivity index (χ0v) is 19.3. The first-order valence-electron chi connectivity index (χ1n) is 11.7. The Morgan fingerprint density at radius 1 is 1.06 bits per heavy atom. The molecule has 2 aliphatic rings. The van der Waals surface area contributed by atoms with Crippen LogP contribution in [0.1, 0.15) is 31.2 Å². The van der Waals surface area contributed by atoms with E-state index in [1.54, 1.807) is 14.2 Å². The van der Waals surface area contributed by atoms with Crippen LogP contribution in [0.25, 0.3) is 0 Å². The van der Waals surface area contributed by atoms with E-state index in [0.29, 0.717) is 6.54 Å². The molecular weight excluding hydrogens is 402 g/mol. The number of piperazine rings is 1. The second-order valence-electron chi connectivity index (χ2n) is 8.79. The van der Waals surface area contributed by atoms with Gasteiger partial charge in [0.05, 0.1) is 19.8 Å². The topological polar surface area (TPSA) is 54.0 Å². The number of anilines is 1. The highest BCUT2D eigenvalue weighted by atomic mass is 16.5. The van der Waals surface area contributed by atoms with Gasteiger partial charge in [-0.2, -0.15) is 0 Å². The second kappa shape index (κ2) is 10.7. The fourth-order valence-electron chi connectivity index (χ4n) is 4.82. The van der Waals surface area contributed by atoms with Gasteiger partial charge >= 0.3 is 0 Å². The molecule has 0 aromatic heterocycles. The summed E-state index contributed by atoms with van der Waals surface area (Å²) in [5.74, 6) is 1.69. The molecular formula is C26H35N3O3. The molecule has 1 atom stereocenters. The summed E-state index contributed by atoms with van der Waals surface area (Å²) in [6.45, 7) is 3.01. The first-order valence-corrected chi connectivity index (χ1v) is 11.7. The van der Waals surface area contributed by atoms with Crippen molar-refractivity contribution in [2.75, 3.05) is 45.2 Å². The molecule has 6 heteroatoms. The van der Waals surface area contributed by atoms with Crippen LogP contribution in [0.5, 0.6) is 11.5 Å². The van der Waals surface area contributed by atoms with Crippen LogP contribution in [-0.4, -0.2) is 63.3 Å². The predicted molar refractivity (Wildman–Crippen MR) is 128 cm³/mol. The third-order valence-electron chi connectivity index (χ3n) is 6.65. The van der Waals surface area contributed by atoms with Gasteiger partial charge in [0.15, 0.2) is 11.5 Å². The molecule has 1 aliphatic carbocycles. The van der Waals surface area contributed by atoms with Crippen LogP contribution in [0.2, 0.25) is 0 Å². The number of carbonyl (C=O) groups is 1. The van der Waals surface area contributed by atoms with E-state index < -0.39 is 0 Å². The lowest BCUT2D eigenvalue weighted by atomic mass is 10.0. The number of benzene rings is 2. The number of carbonyl (C=O) groups excluding carboxylic acids is 1. The Labute approximate surface area is 191 Å². The third-order valence-corrected chi connectivity index (χ3v) is 6.65. The molecule has 1 heterocycles. The van der Waals surface area contributed by atoms with Crippen molar-refractivity contribution in [3.63, 3.8) is 0 Å². The zero-order chi connectivity index (χ0) is 22.3. The highest BCUT2D eigenvalue weighted by Gasteiger charge is 2.29. The maximum absolute atomic E-state index is 12.1. The molecule has 0 spiro atoms. The molecule has 172 valence electrons. The predicted octanol–water partition coefficient (Wildman–Crippen LogP) is 3.50. The number of nitrogens with zero attached hydrogens (tertiary/aromatic N) is 2. The summed E-state index contributed by atoms with van der Waals surface area (Å²) in [6.07, 6.45) is 5.91. The van der Waals surface area contributed by atoms with Gasteiger partial charge in [-0.05, 0) is 49.8 Å². The molecule has 1 saturated carbocycles. The van der Waals surface area contributed by atoms with E-state index >= 15 is 0 Å². The zero-order valence-electron chi connectivity index (χ0n) is 19.3. The van der Waals surface area contributed by atoms with Crippen LogP contribution in [-0.2, 0) is 11.2 Å². The van der Waals surface area contributed by atoms with Crippen molar-refractivity contribution in [2.45, 2.75) is 44.2 Å². The van der Waals surface area contributed by atoms with E-state index in [2.05, 4.69) is 51.5 Å². The summed E-state index contributed by atoms with van der Waals surface area (Å²) in [5.41, 5.74) is 2.44. The van der Waals surface area contributed by atoms with Crippen LogP contribution >= 0.6 is 0 Å². The maximum atomic E-state index is 12.1. The minimum absolute atomic E-state index is 0.0632. The van der Waals surface area contributed by atoms with Gasteiger partial charge in [0, 0.05) is 44.5 Å². The Balaban J connectivity index is 1.52. The van der Waals surface area contributed by atoms with Crippen molar-refractivity contribution in [1.29, 1.82) is 0 Å². The Kier molecular flexibility index (Phi) is 7.53. The maximum Gasteiger partial charge on any atom is 0.233 e. The Hall–Kier alpha value is -2.73. The van der Waals surface area contributed by atoms with E-state index in [9.17, 15) is 4.79 Å². The summed E-state index contributed by atoms with van der Waals surface area (Å²) < 4.78 is 11.9. The van der Waals surface area contributed by atoms with Gasteiger partial charge in [-0.1, -0.05) is 30.3 Å². The van der Waals surface area contributed by atoms with Crippen LogP contribution in [0.4, 0.5) is 5.69 Å². The van der Waals surface area contributed by atoms with Crippen molar-refractivity contribution in [3.8, 4) is 11.5 Å². The molecule has 32 heavy (non-hydrogen) atoms. The summed E-state index contributed by atoms with van der Waals surface area (Å²) >= 11 is 0. The quantitative estimate of drug-likeness (QED) is 0.685. The number of rotatable bonds is 8. The van der Waals surface area contributed by atoms with Gasteiger partial charge in [0.2, 0.25) is 5.91 Å². The molecule has 1 aliphatic heterocycles. The molecule has 1 amide bonds. The SMILES string of the molecule is CNC(=O)CN1CCN(c2ccc(OC)c(OC3CCCC3)c2)CC1Cc1ccccc1. The van der Waals surface area contributed by atoms with Crippen molar-refractivity contribution in [3.05, 3.63) is 54.1 Å². The fraction of sp³-hybridized carbons (Fsp3) is 0.500. The first-order chi connectivity index (χ1) is 15.7. The van der Waals surface area contributed by atoms with Crippen molar-refractivity contribution >= 4 is 11.6 Å². The minimum atomic E-state index is 0.0632. The molecule has 2 aromatic rings. The van der Waals surface area contributed by atoms with Crippen molar-refractivity contribution in [2.24, 2.45) is 0 Å². The molecule has 0 radical (unpaired) electrons. The molecule has 2 aromatic carbocycles. The first kappa shape index (κ1) is 22.5. The fourth-order valence-corrected chi connectivity index (χ4v) is 4.82.